The highest BCUT2D eigenvalue weighted by Gasteiger charge is 2.32. The Morgan fingerprint density at radius 1 is 1.39 bits per heavy atom. The summed E-state index contributed by atoms with van der Waals surface area (Å²) in [6.45, 7) is 4.89. The minimum absolute atomic E-state index is 0.123. The summed E-state index contributed by atoms with van der Waals surface area (Å²) in [5, 5.41) is 0. The molecular weight excluding hydrogens is 292 g/mol. The van der Waals surface area contributed by atoms with Crippen LogP contribution in [0, 0.1) is 5.92 Å². The van der Waals surface area contributed by atoms with Gasteiger partial charge >= 0.3 is 0 Å². The predicted molar refractivity (Wildman–Crippen MR) is 86.6 cm³/mol. The minimum atomic E-state index is -0.322. The molecule has 0 radical (unpaired) electrons. The molecule has 1 aliphatic heterocycles. The third-order valence-corrected chi connectivity index (χ3v) is 4.74. The standard InChI is InChI=1S/C17H26N4O2/c1-13(23-12-14-4-5-14)17(22)21-9-6-15(10-21)20(2)11-16-18-7-3-8-19-16/h3,7-8,13-15H,4-6,9-12H2,1-2H3/t13-,15-/m1/s1. The van der Waals surface area contributed by atoms with Crippen molar-refractivity contribution in [2.24, 2.45) is 5.92 Å². The molecule has 2 aliphatic rings. The van der Waals surface area contributed by atoms with E-state index in [9.17, 15) is 4.79 Å². The van der Waals surface area contributed by atoms with E-state index >= 15 is 0 Å². The summed E-state index contributed by atoms with van der Waals surface area (Å²) >= 11 is 0. The SMILES string of the molecule is C[C@@H](OCC1CC1)C(=O)N1CC[C@@H](N(C)Cc2ncccn2)C1. The molecule has 2 heterocycles. The van der Waals surface area contributed by atoms with Crippen molar-refractivity contribution in [2.75, 3.05) is 26.7 Å². The Balaban J connectivity index is 1.46. The number of hydrogen-bond acceptors (Lipinski definition) is 5. The molecule has 0 N–H and O–H groups in total. The molecule has 0 spiro atoms. The number of ether oxygens (including phenoxy) is 1. The average molecular weight is 318 g/mol. The summed E-state index contributed by atoms with van der Waals surface area (Å²) in [4.78, 5) is 25.2. The molecule has 1 aromatic heterocycles. The van der Waals surface area contributed by atoms with Crippen molar-refractivity contribution in [2.45, 2.75) is 44.9 Å². The monoisotopic (exact) mass is 318 g/mol. The first-order valence-corrected chi connectivity index (χ1v) is 8.50. The van der Waals surface area contributed by atoms with Crippen LogP contribution < -0.4 is 0 Å². The highest BCUT2D eigenvalue weighted by Crippen LogP contribution is 2.29. The fraction of sp³-hybridized carbons (Fsp3) is 0.706. The molecule has 0 aromatic carbocycles. The number of likely N-dealkylation sites (tertiary alicyclic amines) is 1. The van der Waals surface area contributed by atoms with E-state index in [0.29, 0.717) is 18.5 Å². The fourth-order valence-corrected chi connectivity index (χ4v) is 2.96. The van der Waals surface area contributed by atoms with Crippen molar-refractivity contribution in [3.05, 3.63) is 24.3 Å². The van der Waals surface area contributed by atoms with Crippen molar-refractivity contribution < 1.29 is 9.53 Å². The van der Waals surface area contributed by atoms with Crippen molar-refractivity contribution in [3.8, 4) is 0 Å². The predicted octanol–water partition coefficient (Wildman–Crippen LogP) is 1.32. The van der Waals surface area contributed by atoms with Gasteiger partial charge in [0.1, 0.15) is 11.9 Å². The number of carbonyl (C=O) groups is 1. The van der Waals surface area contributed by atoms with Gasteiger partial charge in [0, 0.05) is 31.5 Å². The second-order valence-electron chi connectivity index (χ2n) is 6.73. The van der Waals surface area contributed by atoms with Crippen molar-refractivity contribution in [1.82, 2.24) is 19.8 Å². The van der Waals surface area contributed by atoms with Gasteiger partial charge in [0.2, 0.25) is 0 Å². The average Bonchev–Trinajstić information content (AvgIpc) is 3.26. The van der Waals surface area contributed by atoms with E-state index in [4.69, 9.17) is 4.74 Å². The maximum Gasteiger partial charge on any atom is 0.251 e. The normalized spacial score (nSPS) is 22.6. The zero-order valence-electron chi connectivity index (χ0n) is 14.0. The largest absolute Gasteiger partial charge is 0.368 e. The Morgan fingerprint density at radius 3 is 2.83 bits per heavy atom. The molecule has 1 saturated heterocycles. The smallest absolute Gasteiger partial charge is 0.251 e. The zero-order chi connectivity index (χ0) is 16.2. The van der Waals surface area contributed by atoms with Crippen LogP contribution >= 0.6 is 0 Å². The van der Waals surface area contributed by atoms with Gasteiger partial charge in [-0.3, -0.25) is 9.69 Å². The highest BCUT2D eigenvalue weighted by molar-refractivity contribution is 5.80. The molecule has 1 aliphatic carbocycles. The van der Waals surface area contributed by atoms with Gasteiger partial charge in [-0.1, -0.05) is 0 Å². The lowest BCUT2D eigenvalue weighted by molar-refractivity contribution is -0.142. The van der Waals surface area contributed by atoms with Gasteiger partial charge in [-0.25, -0.2) is 9.97 Å². The molecule has 0 bridgehead atoms. The molecule has 2 fully saturated rings. The Labute approximate surface area is 137 Å². The number of aromatic nitrogens is 2. The van der Waals surface area contributed by atoms with Crippen LogP contribution in [0.3, 0.4) is 0 Å². The van der Waals surface area contributed by atoms with E-state index in [2.05, 4.69) is 21.9 Å². The van der Waals surface area contributed by atoms with Crippen LogP contribution in [0.25, 0.3) is 0 Å². The summed E-state index contributed by atoms with van der Waals surface area (Å²) in [5.41, 5.74) is 0. The third-order valence-electron chi connectivity index (χ3n) is 4.74. The molecule has 23 heavy (non-hydrogen) atoms. The zero-order valence-corrected chi connectivity index (χ0v) is 14.0. The molecule has 1 amide bonds. The number of likely N-dealkylation sites (N-methyl/N-ethyl adjacent to an activating group) is 1. The Bertz CT molecular complexity index is 521. The van der Waals surface area contributed by atoms with Crippen LogP contribution in [-0.4, -0.2) is 64.6 Å². The van der Waals surface area contributed by atoms with Crippen LogP contribution in [0.1, 0.15) is 32.0 Å². The van der Waals surface area contributed by atoms with E-state index in [0.717, 1.165) is 31.9 Å². The Hall–Kier alpha value is -1.53. The fourth-order valence-electron chi connectivity index (χ4n) is 2.96. The minimum Gasteiger partial charge on any atom is -0.368 e. The number of rotatable bonds is 7. The van der Waals surface area contributed by atoms with Crippen LogP contribution in [0.15, 0.2) is 18.5 Å². The molecule has 1 aromatic rings. The molecular formula is C17H26N4O2. The lowest BCUT2D eigenvalue weighted by atomic mass is 10.2. The van der Waals surface area contributed by atoms with E-state index < -0.39 is 0 Å². The van der Waals surface area contributed by atoms with Crippen molar-refractivity contribution in [3.63, 3.8) is 0 Å². The topological polar surface area (TPSA) is 58.6 Å². The first-order chi connectivity index (χ1) is 11.1. The Morgan fingerprint density at radius 2 is 2.13 bits per heavy atom. The summed E-state index contributed by atoms with van der Waals surface area (Å²) in [5.74, 6) is 1.63. The third kappa shape index (κ3) is 4.48. The molecule has 1 saturated carbocycles. The van der Waals surface area contributed by atoms with Crippen molar-refractivity contribution in [1.29, 1.82) is 0 Å². The van der Waals surface area contributed by atoms with Crippen LogP contribution in [-0.2, 0) is 16.1 Å². The molecule has 6 nitrogen and oxygen atoms in total. The summed E-state index contributed by atoms with van der Waals surface area (Å²) in [6, 6.07) is 2.18. The summed E-state index contributed by atoms with van der Waals surface area (Å²) in [7, 11) is 2.07. The second-order valence-corrected chi connectivity index (χ2v) is 6.73. The van der Waals surface area contributed by atoms with Gasteiger partial charge in [-0.2, -0.15) is 0 Å². The van der Waals surface area contributed by atoms with Crippen LogP contribution in [0.5, 0.6) is 0 Å². The van der Waals surface area contributed by atoms with E-state index in [1.807, 2.05) is 17.9 Å². The van der Waals surface area contributed by atoms with Gasteiger partial charge in [0.15, 0.2) is 0 Å². The summed E-state index contributed by atoms with van der Waals surface area (Å²) in [6.07, 6.45) is 6.69. The number of carbonyl (C=O) groups excluding carboxylic acids is 1. The van der Waals surface area contributed by atoms with E-state index in [1.54, 1.807) is 12.4 Å². The number of nitrogens with zero attached hydrogens (tertiary/aromatic N) is 4. The van der Waals surface area contributed by atoms with E-state index in [-0.39, 0.29) is 12.0 Å². The first-order valence-electron chi connectivity index (χ1n) is 8.50. The quantitative estimate of drug-likeness (QED) is 0.759. The van der Waals surface area contributed by atoms with Crippen LogP contribution in [0.2, 0.25) is 0 Å². The lowest BCUT2D eigenvalue weighted by Crippen LogP contribution is -2.40. The molecule has 2 atom stereocenters. The maximum absolute atomic E-state index is 12.5. The van der Waals surface area contributed by atoms with Crippen molar-refractivity contribution >= 4 is 5.91 Å². The first kappa shape index (κ1) is 16.3. The number of amides is 1. The molecule has 0 unspecified atom stereocenters. The highest BCUT2D eigenvalue weighted by atomic mass is 16.5. The molecule has 126 valence electrons. The van der Waals surface area contributed by atoms with Crippen LogP contribution in [0.4, 0.5) is 0 Å². The van der Waals surface area contributed by atoms with Gasteiger partial charge in [-0.05, 0) is 45.2 Å². The van der Waals surface area contributed by atoms with Gasteiger partial charge in [0.05, 0.1) is 13.2 Å². The molecule has 6 heteroatoms. The molecule has 3 rings (SSSR count). The van der Waals surface area contributed by atoms with E-state index in [1.165, 1.54) is 12.8 Å². The van der Waals surface area contributed by atoms with Gasteiger partial charge < -0.3 is 9.64 Å². The number of hydrogen-bond donors (Lipinski definition) is 0. The Kier molecular flexibility index (Phi) is 5.23. The maximum atomic E-state index is 12.5. The van der Waals surface area contributed by atoms with Gasteiger partial charge in [-0.15, -0.1) is 0 Å². The van der Waals surface area contributed by atoms with Gasteiger partial charge in [0.25, 0.3) is 5.91 Å². The second kappa shape index (κ2) is 7.36. The summed E-state index contributed by atoms with van der Waals surface area (Å²) < 4.78 is 5.71. The lowest BCUT2D eigenvalue weighted by Gasteiger charge is -2.25.